The lowest BCUT2D eigenvalue weighted by molar-refractivity contribution is 0.302. The molecular weight excluding hydrogens is 212 g/mol. The molecule has 0 radical (unpaired) electrons. The summed E-state index contributed by atoms with van der Waals surface area (Å²) in [4.78, 5) is 0. The minimum absolute atomic E-state index is 0.251. The molecule has 0 fully saturated rings. The van der Waals surface area contributed by atoms with Gasteiger partial charge in [-0.2, -0.15) is 0 Å². The fourth-order valence-corrected chi connectivity index (χ4v) is 1.41. The van der Waals surface area contributed by atoms with Gasteiger partial charge in [-0.1, -0.05) is 6.92 Å². The number of rotatable bonds is 6. The molecule has 4 heteroatoms. The standard InChI is InChI=1S/C12H17F2NO/c1-3-5-15-8-9-6-10(13)12(16-4-2)11(14)7-9/h6-7,15H,3-5,8H2,1-2H3. The summed E-state index contributed by atoms with van der Waals surface area (Å²) in [5.41, 5.74) is 0.590. The first-order valence-corrected chi connectivity index (χ1v) is 5.50. The number of benzene rings is 1. The van der Waals surface area contributed by atoms with Crippen molar-refractivity contribution in [3.05, 3.63) is 29.3 Å². The second-order valence-corrected chi connectivity index (χ2v) is 3.50. The van der Waals surface area contributed by atoms with Gasteiger partial charge in [-0.25, -0.2) is 8.78 Å². The van der Waals surface area contributed by atoms with E-state index in [9.17, 15) is 8.78 Å². The van der Waals surface area contributed by atoms with E-state index in [0.29, 0.717) is 12.1 Å². The zero-order chi connectivity index (χ0) is 12.0. The van der Waals surface area contributed by atoms with Gasteiger partial charge in [0.25, 0.3) is 0 Å². The lowest BCUT2D eigenvalue weighted by atomic mass is 10.2. The highest BCUT2D eigenvalue weighted by molar-refractivity contribution is 5.31. The number of hydrogen-bond donors (Lipinski definition) is 1. The van der Waals surface area contributed by atoms with Crippen LogP contribution in [0.5, 0.6) is 5.75 Å². The average molecular weight is 229 g/mol. The molecule has 0 aliphatic heterocycles. The molecule has 0 saturated carbocycles. The van der Waals surface area contributed by atoms with E-state index in [1.54, 1.807) is 6.92 Å². The van der Waals surface area contributed by atoms with Crippen LogP contribution in [0.3, 0.4) is 0 Å². The summed E-state index contributed by atoms with van der Waals surface area (Å²) in [5.74, 6) is -1.58. The van der Waals surface area contributed by atoms with E-state index in [1.165, 1.54) is 12.1 Å². The third-order valence-electron chi connectivity index (χ3n) is 2.10. The second-order valence-electron chi connectivity index (χ2n) is 3.50. The Balaban J connectivity index is 2.75. The molecule has 16 heavy (non-hydrogen) atoms. The van der Waals surface area contributed by atoms with Gasteiger partial charge >= 0.3 is 0 Å². The van der Waals surface area contributed by atoms with E-state index >= 15 is 0 Å². The van der Waals surface area contributed by atoms with Gasteiger partial charge in [-0.3, -0.25) is 0 Å². The Morgan fingerprint density at radius 3 is 2.31 bits per heavy atom. The maximum absolute atomic E-state index is 13.4. The van der Waals surface area contributed by atoms with E-state index in [2.05, 4.69) is 5.32 Å². The van der Waals surface area contributed by atoms with Crippen LogP contribution in [0.25, 0.3) is 0 Å². The van der Waals surface area contributed by atoms with Crippen LogP contribution in [0, 0.1) is 11.6 Å². The minimum atomic E-state index is -0.643. The van der Waals surface area contributed by atoms with Crippen molar-refractivity contribution in [2.45, 2.75) is 26.8 Å². The Morgan fingerprint density at radius 2 is 1.81 bits per heavy atom. The molecule has 0 aliphatic rings. The minimum Gasteiger partial charge on any atom is -0.488 e. The summed E-state index contributed by atoms with van der Waals surface area (Å²) < 4.78 is 31.7. The van der Waals surface area contributed by atoms with Crippen molar-refractivity contribution in [1.82, 2.24) is 5.32 Å². The lowest BCUT2D eigenvalue weighted by Crippen LogP contribution is -2.14. The van der Waals surface area contributed by atoms with Crippen LogP contribution in [-0.2, 0) is 6.54 Å². The zero-order valence-electron chi connectivity index (χ0n) is 9.65. The summed E-state index contributed by atoms with van der Waals surface area (Å²) in [5, 5.41) is 3.08. The van der Waals surface area contributed by atoms with E-state index in [0.717, 1.165) is 13.0 Å². The van der Waals surface area contributed by atoms with E-state index < -0.39 is 11.6 Å². The van der Waals surface area contributed by atoms with Gasteiger partial charge in [0.2, 0.25) is 0 Å². The molecule has 0 aliphatic carbocycles. The normalized spacial score (nSPS) is 10.5. The number of halogens is 2. The first-order chi connectivity index (χ1) is 7.69. The highest BCUT2D eigenvalue weighted by atomic mass is 19.1. The van der Waals surface area contributed by atoms with Crippen LogP contribution in [0.4, 0.5) is 8.78 Å². The topological polar surface area (TPSA) is 21.3 Å². The Labute approximate surface area is 94.6 Å². The Morgan fingerprint density at radius 1 is 1.19 bits per heavy atom. The molecule has 90 valence electrons. The predicted molar refractivity (Wildman–Crippen MR) is 59.5 cm³/mol. The summed E-state index contributed by atoms with van der Waals surface area (Å²) in [7, 11) is 0. The van der Waals surface area contributed by atoms with Crippen molar-refractivity contribution < 1.29 is 13.5 Å². The third-order valence-corrected chi connectivity index (χ3v) is 2.10. The summed E-state index contributed by atoms with van der Waals surface area (Å²) >= 11 is 0. The van der Waals surface area contributed by atoms with Crippen LogP contribution in [0.15, 0.2) is 12.1 Å². The maximum Gasteiger partial charge on any atom is 0.190 e. The summed E-state index contributed by atoms with van der Waals surface area (Å²) in [6.45, 7) is 5.27. The average Bonchev–Trinajstić information content (AvgIpc) is 2.24. The highest BCUT2D eigenvalue weighted by Gasteiger charge is 2.11. The number of nitrogens with one attached hydrogen (secondary N) is 1. The van der Waals surface area contributed by atoms with E-state index in [-0.39, 0.29) is 12.4 Å². The molecule has 2 nitrogen and oxygen atoms in total. The third kappa shape index (κ3) is 3.45. The van der Waals surface area contributed by atoms with Crippen molar-refractivity contribution in [3.63, 3.8) is 0 Å². The molecule has 0 unspecified atom stereocenters. The molecule has 0 saturated heterocycles. The van der Waals surface area contributed by atoms with Crippen LogP contribution < -0.4 is 10.1 Å². The molecule has 0 aromatic heterocycles. The molecule has 0 atom stereocenters. The zero-order valence-corrected chi connectivity index (χ0v) is 9.65. The molecule has 1 aromatic rings. The predicted octanol–water partition coefficient (Wildman–Crippen LogP) is 2.86. The van der Waals surface area contributed by atoms with E-state index in [4.69, 9.17) is 4.74 Å². The van der Waals surface area contributed by atoms with Crippen molar-refractivity contribution in [3.8, 4) is 5.75 Å². The number of hydrogen-bond acceptors (Lipinski definition) is 2. The fourth-order valence-electron chi connectivity index (χ4n) is 1.41. The summed E-state index contributed by atoms with van der Waals surface area (Å²) in [6, 6.07) is 2.60. The fraction of sp³-hybridized carbons (Fsp3) is 0.500. The van der Waals surface area contributed by atoms with Crippen molar-refractivity contribution in [1.29, 1.82) is 0 Å². The SMILES string of the molecule is CCCNCc1cc(F)c(OCC)c(F)c1. The molecule has 1 N–H and O–H groups in total. The van der Waals surface area contributed by atoms with Gasteiger partial charge in [-0.15, -0.1) is 0 Å². The highest BCUT2D eigenvalue weighted by Crippen LogP contribution is 2.23. The first-order valence-electron chi connectivity index (χ1n) is 5.50. The molecule has 0 amide bonds. The van der Waals surface area contributed by atoms with Crippen LogP contribution in [0.1, 0.15) is 25.8 Å². The summed E-state index contributed by atoms with van der Waals surface area (Å²) in [6.07, 6.45) is 0.988. The smallest absolute Gasteiger partial charge is 0.190 e. The molecule has 0 spiro atoms. The number of ether oxygens (including phenoxy) is 1. The molecule has 1 rings (SSSR count). The van der Waals surface area contributed by atoms with Gasteiger partial charge in [-0.05, 0) is 37.6 Å². The quantitative estimate of drug-likeness (QED) is 0.757. The van der Waals surface area contributed by atoms with Crippen molar-refractivity contribution >= 4 is 0 Å². The Bertz CT molecular complexity index is 319. The molecule has 1 aromatic carbocycles. The van der Waals surface area contributed by atoms with Crippen LogP contribution in [0.2, 0.25) is 0 Å². The second kappa shape index (κ2) is 6.43. The maximum atomic E-state index is 13.4. The van der Waals surface area contributed by atoms with Gasteiger partial charge in [0.05, 0.1) is 6.61 Å². The van der Waals surface area contributed by atoms with Crippen molar-refractivity contribution in [2.75, 3.05) is 13.2 Å². The van der Waals surface area contributed by atoms with Gasteiger partial charge in [0.15, 0.2) is 17.4 Å². The Hall–Kier alpha value is -1.16. The van der Waals surface area contributed by atoms with Gasteiger partial charge in [0.1, 0.15) is 0 Å². The van der Waals surface area contributed by atoms with Gasteiger partial charge < -0.3 is 10.1 Å². The molecule has 0 bridgehead atoms. The Kier molecular flexibility index (Phi) is 5.19. The molecular formula is C12H17F2NO. The van der Waals surface area contributed by atoms with E-state index in [1.807, 2.05) is 6.92 Å². The van der Waals surface area contributed by atoms with Gasteiger partial charge in [0, 0.05) is 6.54 Å². The van der Waals surface area contributed by atoms with Crippen molar-refractivity contribution in [2.24, 2.45) is 0 Å². The van der Waals surface area contributed by atoms with Crippen LogP contribution >= 0.6 is 0 Å². The molecule has 0 heterocycles. The monoisotopic (exact) mass is 229 g/mol. The lowest BCUT2D eigenvalue weighted by Gasteiger charge is -2.09. The largest absolute Gasteiger partial charge is 0.488 e. The van der Waals surface area contributed by atoms with Crippen LogP contribution in [-0.4, -0.2) is 13.2 Å². The first kappa shape index (κ1) is 12.9.